The van der Waals surface area contributed by atoms with E-state index >= 15 is 0 Å². The summed E-state index contributed by atoms with van der Waals surface area (Å²) in [5, 5.41) is 0. The number of rotatable bonds is 5. The molecule has 2 aliphatic rings. The van der Waals surface area contributed by atoms with Gasteiger partial charge in [0.05, 0.1) is 19.7 Å². The van der Waals surface area contributed by atoms with Crippen LogP contribution in [-0.2, 0) is 0 Å². The number of nitrogens with two attached hydrogens (primary N) is 1. The Morgan fingerprint density at radius 1 is 1.19 bits per heavy atom. The second-order valence-corrected chi connectivity index (χ2v) is 7.37. The van der Waals surface area contributed by atoms with Gasteiger partial charge in [-0.1, -0.05) is 25.1 Å². The number of aliphatic imine (C=N–C) groups is 1. The first-order valence-corrected chi connectivity index (χ1v) is 9.61. The van der Waals surface area contributed by atoms with Gasteiger partial charge in [-0.15, -0.1) is 24.0 Å². The third-order valence-corrected chi connectivity index (χ3v) is 5.61. The summed E-state index contributed by atoms with van der Waals surface area (Å²) in [5.74, 6) is 2.45. The highest BCUT2D eigenvalue weighted by Crippen LogP contribution is 2.32. The number of halogens is 1. The molecule has 5 nitrogen and oxygen atoms in total. The van der Waals surface area contributed by atoms with Gasteiger partial charge in [-0.05, 0) is 50.8 Å². The molecule has 2 saturated heterocycles. The lowest BCUT2D eigenvalue weighted by molar-refractivity contribution is 0.243. The molecular formula is C20H33IN4O. The number of guanidine groups is 1. The average Bonchev–Trinajstić information content (AvgIpc) is 3.17. The number of ether oxygens (including phenoxy) is 1. The van der Waals surface area contributed by atoms with Gasteiger partial charge in [-0.25, -0.2) is 0 Å². The van der Waals surface area contributed by atoms with Crippen molar-refractivity contribution in [2.45, 2.75) is 38.6 Å². The van der Waals surface area contributed by atoms with Gasteiger partial charge in [0.2, 0.25) is 0 Å². The van der Waals surface area contributed by atoms with Crippen LogP contribution < -0.4 is 10.5 Å². The number of hydrogen-bond acceptors (Lipinski definition) is 3. The fourth-order valence-electron chi connectivity index (χ4n) is 3.92. The van der Waals surface area contributed by atoms with Gasteiger partial charge in [0, 0.05) is 18.7 Å². The van der Waals surface area contributed by atoms with Gasteiger partial charge in [0.1, 0.15) is 5.75 Å². The summed E-state index contributed by atoms with van der Waals surface area (Å²) in [6.45, 7) is 7.31. The maximum Gasteiger partial charge on any atom is 0.191 e. The van der Waals surface area contributed by atoms with Gasteiger partial charge in [-0.2, -0.15) is 0 Å². The lowest BCUT2D eigenvalue weighted by Gasteiger charge is -2.32. The summed E-state index contributed by atoms with van der Waals surface area (Å²) < 4.78 is 5.60. The van der Waals surface area contributed by atoms with E-state index in [1.165, 1.54) is 31.2 Å². The van der Waals surface area contributed by atoms with Crippen LogP contribution in [0.15, 0.2) is 29.3 Å². The highest BCUT2D eigenvalue weighted by molar-refractivity contribution is 14.0. The van der Waals surface area contributed by atoms with Crippen molar-refractivity contribution in [2.75, 3.05) is 39.8 Å². The first kappa shape index (κ1) is 21.3. The predicted molar refractivity (Wildman–Crippen MR) is 118 cm³/mol. The Labute approximate surface area is 175 Å². The molecule has 146 valence electrons. The largest absolute Gasteiger partial charge is 0.496 e. The van der Waals surface area contributed by atoms with Crippen LogP contribution in [-0.4, -0.2) is 55.6 Å². The molecule has 1 unspecified atom stereocenters. The second kappa shape index (κ2) is 10.3. The van der Waals surface area contributed by atoms with E-state index in [4.69, 9.17) is 15.5 Å². The summed E-state index contributed by atoms with van der Waals surface area (Å²) >= 11 is 0. The van der Waals surface area contributed by atoms with Crippen molar-refractivity contribution in [1.29, 1.82) is 0 Å². The molecule has 1 atom stereocenters. The standard InChI is InChI=1S/C20H32N4O.HI/c1-16-9-13-24(14-10-16)20(21)22-15-18(23-11-5-6-12-23)17-7-3-4-8-19(17)25-2;/h3-4,7-8,16,18H,5-6,9-15H2,1-2H3,(H2,21,22);1H. The minimum atomic E-state index is 0. The van der Waals surface area contributed by atoms with E-state index in [1.54, 1.807) is 7.11 Å². The number of benzene rings is 1. The molecule has 0 aliphatic carbocycles. The van der Waals surface area contributed by atoms with E-state index in [-0.39, 0.29) is 30.0 Å². The topological polar surface area (TPSA) is 54.1 Å². The lowest BCUT2D eigenvalue weighted by atomic mass is 10.00. The Balaban J connectivity index is 0.00000243. The van der Waals surface area contributed by atoms with E-state index in [9.17, 15) is 0 Å². The van der Waals surface area contributed by atoms with E-state index < -0.39 is 0 Å². The minimum absolute atomic E-state index is 0. The summed E-state index contributed by atoms with van der Waals surface area (Å²) in [7, 11) is 1.74. The zero-order chi connectivity index (χ0) is 17.6. The normalized spacial score (nSPS) is 20.7. The molecule has 3 rings (SSSR count). The number of para-hydroxylation sites is 1. The molecule has 0 spiro atoms. The van der Waals surface area contributed by atoms with Crippen molar-refractivity contribution in [1.82, 2.24) is 9.80 Å². The highest BCUT2D eigenvalue weighted by atomic mass is 127. The lowest BCUT2D eigenvalue weighted by Crippen LogP contribution is -2.43. The minimum Gasteiger partial charge on any atom is -0.496 e. The van der Waals surface area contributed by atoms with Crippen molar-refractivity contribution in [3.8, 4) is 5.75 Å². The van der Waals surface area contributed by atoms with Gasteiger partial charge in [0.15, 0.2) is 5.96 Å². The first-order chi connectivity index (χ1) is 12.2. The van der Waals surface area contributed by atoms with E-state index in [0.717, 1.165) is 37.8 Å². The molecule has 26 heavy (non-hydrogen) atoms. The quantitative estimate of drug-likeness (QED) is 0.405. The molecular weight excluding hydrogens is 439 g/mol. The van der Waals surface area contributed by atoms with Gasteiger partial charge < -0.3 is 15.4 Å². The van der Waals surface area contributed by atoms with E-state index in [1.807, 2.05) is 12.1 Å². The van der Waals surface area contributed by atoms with Crippen molar-refractivity contribution in [3.63, 3.8) is 0 Å². The first-order valence-electron chi connectivity index (χ1n) is 9.61. The highest BCUT2D eigenvalue weighted by Gasteiger charge is 2.26. The number of nitrogens with zero attached hydrogens (tertiary/aromatic N) is 3. The number of piperidine rings is 1. The third kappa shape index (κ3) is 5.25. The fourth-order valence-corrected chi connectivity index (χ4v) is 3.92. The van der Waals surface area contributed by atoms with Crippen LogP contribution in [0.4, 0.5) is 0 Å². The molecule has 1 aromatic rings. The Hall–Kier alpha value is -1.02. The Bertz CT molecular complexity index is 581. The average molecular weight is 472 g/mol. The maximum atomic E-state index is 6.32. The van der Waals surface area contributed by atoms with E-state index in [2.05, 4.69) is 28.9 Å². The Morgan fingerprint density at radius 2 is 1.85 bits per heavy atom. The zero-order valence-corrected chi connectivity index (χ0v) is 18.4. The molecule has 0 amide bonds. The van der Waals surface area contributed by atoms with Gasteiger partial charge >= 0.3 is 0 Å². The van der Waals surface area contributed by atoms with Crippen LogP contribution in [0, 0.1) is 5.92 Å². The van der Waals surface area contributed by atoms with Crippen LogP contribution in [0.2, 0.25) is 0 Å². The van der Waals surface area contributed by atoms with Crippen LogP contribution in [0.3, 0.4) is 0 Å². The second-order valence-electron chi connectivity index (χ2n) is 7.37. The predicted octanol–water partition coefficient (Wildman–Crippen LogP) is 3.50. The Kier molecular flexibility index (Phi) is 8.47. The zero-order valence-electron chi connectivity index (χ0n) is 16.1. The molecule has 0 saturated carbocycles. The molecule has 0 radical (unpaired) electrons. The van der Waals surface area contributed by atoms with Crippen LogP contribution in [0.25, 0.3) is 0 Å². The molecule has 0 aromatic heterocycles. The fraction of sp³-hybridized carbons (Fsp3) is 0.650. The molecule has 0 bridgehead atoms. The number of methoxy groups -OCH3 is 1. The van der Waals surface area contributed by atoms with Crippen molar-refractivity contribution >= 4 is 29.9 Å². The van der Waals surface area contributed by atoms with Crippen LogP contribution in [0.1, 0.15) is 44.2 Å². The summed E-state index contributed by atoms with van der Waals surface area (Å²) in [6, 6.07) is 8.55. The van der Waals surface area contributed by atoms with E-state index in [0.29, 0.717) is 12.5 Å². The smallest absolute Gasteiger partial charge is 0.191 e. The summed E-state index contributed by atoms with van der Waals surface area (Å²) in [4.78, 5) is 9.55. The van der Waals surface area contributed by atoms with Crippen molar-refractivity contribution in [2.24, 2.45) is 16.6 Å². The van der Waals surface area contributed by atoms with Crippen LogP contribution >= 0.6 is 24.0 Å². The Morgan fingerprint density at radius 3 is 2.50 bits per heavy atom. The number of likely N-dealkylation sites (tertiary alicyclic amines) is 2. The summed E-state index contributed by atoms with van der Waals surface area (Å²) in [5.41, 5.74) is 7.53. The SMILES string of the molecule is COc1ccccc1C(CN=C(N)N1CCC(C)CC1)N1CCCC1.I. The molecule has 2 fully saturated rings. The molecule has 6 heteroatoms. The van der Waals surface area contributed by atoms with Gasteiger partial charge in [-0.3, -0.25) is 9.89 Å². The third-order valence-electron chi connectivity index (χ3n) is 5.61. The monoisotopic (exact) mass is 472 g/mol. The summed E-state index contributed by atoms with van der Waals surface area (Å²) in [6.07, 6.45) is 4.93. The molecule has 2 N–H and O–H groups in total. The number of hydrogen-bond donors (Lipinski definition) is 1. The van der Waals surface area contributed by atoms with Gasteiger partial charge in [0.25, 0.3) is 0 Å². The molecule has 2 aliphatic heterocycles. The van der Waals surface area contributed by atoms with Crippen molar-refractivity contribution < 1.29 is 4.74 Å². The van der Waals surface area contributed by atoms with Crippen molar-refractivity contribution in [3.05, 3.63) is 29.8 Å². The van der Waals surface area contributed by atoms with Crippen LogP contribution in [0.5, 0.6) is 5.75 Å². The molecule has 2 heterocycles. The molecule has 1 aromatic carbocycles. The maximum absolute atomic E-state index is 6.32.